The van der Waals surface area contributed by atoms with Crippen molar-refractivity contribution < 1.29 is 14.3 Å². The highest BCUT2D eigenvalue weighted by atomic mass is 16.5. The molecule has 2 aromatic rings. The van der Waals surface area contributed by atoms with Crippen LogP contribution in [0.1, 0.15) is 17.4 Å². The van der Waals surface area contributed by atoms with E-state index in [1.54, 1.807) is 13.0 Å². The second-order valence-electron chi connectivity index (χ2n) is 4.25. The first-order chi connectivity index (χ1) is 9.61. The highest BCUT2D eigenvalue weighted by molar-refractivity contribution is 5.95. The van der Waals surface area contributed by atoms with Crippen molar-refractivity contribution in [1.29, 1.82) is 0 Å². The Bertz CT molecular complexity index is 607. The molecule has 0 spiro atoms. The van der Waals surface area contributed by atoms with Crippen molar-refractivity contribution in [2.75, 3.05) is 7.11 Å². The molecule has 6 nitrogen and oxygen atoms in total. The number of aromatic nitrogens is 2. The van der Waals surface area contributed by atoms with E-state index in [-0.39, 0.29) is 0 Å². The summed E-state index contributed by atoms with van der Waals surface area (Å²) in [5, 5.41) is 9.26. The molecule has 0 saturated carbocycles. The van der Waals surface area contributed by atoms with Gasteiger partial charge in [-0.1, -0.05) is 30.3 Å². The molecule has 0 bridgehead atoms. The van der Waals surface area contributed by atoms with Crippen molar-refractivity contribution in [1.82, 2.24) is 15.5 Å². The van der Waals surface area contributed by atoms with Gasteiger partial charge in [-0.05, 0) is 13.0 Å². The Morgan fingerprint density at radius 3 is 2.65 bits per heavy atom. The molecule has 0 aliphatic heterocycles. The van der Waals surface area contributed by atoms with Gasteiger partial charge in [-0.3, -0.25) is 9.89 Å². The number of carbonyl (C=O) groups is 2. The minimum Gasteiger partial charge on any atom is -0.467 e. The lowest BCUT2D eigenvalue weighted by Gasteiger charge is -2.09. The highest BCUT2D eigenvalue weighted by Gasteiger charge is 2.18. The predicted octanol–water partition coefficient (Wildman–Crippen LogP) is 1.37. The van der Waals surface area contributed by atoms with Crippen LogP contribution in [-0.4, -0.2) is 35.2 Å². The molecule has 0 aliphatic carbocycles. The van der Waals surface area contributed by atoms with Crippen LogP contribution in [0.15, 0.2) is 36.4 Å². The Morgan fingerprint density at radius 1 is 1.30 bits per heavy atom. The van der Waals surface area contributed by atoms with Crippen molar-refractivity contribution in [3.05, 3.63) is 42.1 Å². The maximum absolute atomic E-state index is 11.9. The van der Waals surface area contributed by atoms with Gasteiger partial charge in [0.15, 0.2) is 0 Å². The van der Waals surface area contributed by atoms with Crippen molar-refractivity contribution in [2.24, 2.45) is 0 Å². The van der Waals surface area contributed by atoms with Gasteiger partial charge in [0, 0.05) is 5.56 Å². The van der Waals surface area contributed by atoms with Gasteiger partial charge in [-0.2, -0.15) is 5.10 Å². The predicted molar refractivity (Wildman–Crippen MR) is 73.0 cm³/mol. The van der Waals surface area contributed by atoms with Crippen LogP contribution in [0.3, 0.4) is 0 Å². The molecule has 0 saturated heterocycles. The summed E-state index contributed by atoms with van der Waals surface area (Å²) in [6, 6.07) is 10.4. The maximum Gasteiger partial charge on any atom is 0.328 e. The number of methoxy groups -OCH3 is 1. The molecule has 1 heterocycles. The molecule has 2 rings (SSSR count). The minimum atomic E-state index is -0.712. The van der Waals surface area contributed by atoms with Gasteiger partial charge in [0.25, 0.3) is 5.91 Å². The number of carbonyl (C=O) groups excluding carboxylic acids is 2. The number of ether oxygens (including phenoxy) is 1. The molecule has 0 radical (unpaired) electrons. The number of amides is 1. The zero-order valence-corrected chi connectivity index (χ0v) is 11.2. The molecule has 6 heteroatoms. The fourth-order valence-electron chi connectivity index (χ4n) is 1.70. The van der Waals surface area contributed by atoms with Gasteiger partial charge < -0.3 is 10.1 Å². The minimum absolute atomic E-state index is 0.291. The molecule has 1 aromatic heterocycles. The van der Waals surface area contributed by atoms with Crippen molar-refractivity contribution in [3.63, 3.8) is 0 Å². The van der Waals surface area contributed by atoms with E-state index in [0.29, 0.717) is 11.4 Å². The Kier molecular flexibility index (Phi) is 4.14. The first-order valence-corrected chi connectivity index (χ1v) is 6.11. The molecule has 2 N–H and O–H groups in total. The number of aromatic amines is 1. The lowest BCUT2D eigenvalue weighted by molar-refractivity contribution is -0.142. The monoisotopic (exact) mass is 273 g/mol. The van der Waals surface area contributed by atoms with E-state index in [2.05, 4.69) is 20.3 Å². The number of benzene rings is 1. The molecule has 0 fully saturated rings. The number of nitrogens with one attached hydrogen (secondary N) is 2. The van der Waals surface area contributed by atoms with Crippen LogP contribution in [0.2, 0.25) is 0 Å². The van der Waals surface area contributed by atoms with Crippen LogP contribution in [0.5, 0.6) is 0 Å². The van der Waals surface area contributed by atoms with E-state index in [1.807, 2.05) is 30.3 Å². The summed E-state index contributed by atoms with van der Waals surface area (Å²) in [6.45, 7) is 1.55. The molecular formula is C14H15N3O3. The Hall–Kier alpha value is -2.63. The van der Waals surface area contributed by atoms with Crippen LogP contribution in [0, 0.1) is 0 Å². The Morgan fingerprint density at radius 2 is 2.00 bits per heavy atom. The SMILES string of the molecule is COC(=O)C(C)NC(=O)c1cc(-c2ccccc2)n[nH]1. The summed E-state index contributed by atoms with van der Waals surface area (Å²) in [5.41, 5.74) is 1.87. The Balaban J connectivity index is 2.09. The van der Waals surface area contributed by atoms with Crippen LogP contribution in [0.25, 0.3) is 11.3 Å². The zero-order chi connectivity index (χ0) is 14.5. The summed E-state index contributed by atoms with van der Waals surface area (Å²) >= 11 is 0. The zero-order valence-electron chi connectivity index (χ0n) is 11.2. The van der Waals surface area contributed by atoms with Crippen molar-refractivity contribution in [2.45, 2.75) is 13.0 Å². The van der Waals surface area contributed by atoms with Crippen LogP contribution in [0.4, 0.5) is 0 Å². The maximum atomic E-state index is 11.9. The normalized spacial score (nSPS) is 11.7. The first kappa shape index (κ1) is 13.8. The van der Waals surface area contributed by atoms with Gasteiger partial charge >= 0.3 is 5.97 Å². The molecule has 1 aromatic carbocycles. The molecule has 20 heavy (non-hydrogen) atoms. The van der Waals surface area contributed by atoms with E-state index in [0.717, 1.165) is 5.56 Å². The molecular weight excluding hydrogens is 258 g/mol. The van der Waals surface area contributed by atoms with Gasteiger partial charge in [-0.15, -0.1) is 0 Å². The standard InChI is InChI=1S/C14H15N3O3/c1-9(14(19)20-2)15-13(18)12-8-11(16-17-12)10-6-4-3-5-7-10/h3-9H,1-2H3,(H,15,18)(H,16,17). The third-order valence-electron chi connectivity index (χ3n) is 2.79. The first-order valence-electron chi connectivity index (χ1n) is 6.11. The van der Waals surface area contributed by atoms with Gasteiger partial charge in [-0.25, -0.2) is 4.79 Å². The summed E-state index contributed by atoms with van der Waals surface area (Å²) in [6.07, 6.45) is 0. The van der Waals surface area contributed by atoms with Crippen molar-refractivity contribution >= 4 is 11.9 Å². The summed E-state index contributed by atoms with van der Waals surface area (Å²) in [4.78, 5) is 23.2. The van der Waals surface area contributed by atoms with E-state index in [4.69, 9.17) is 0 Å². The fraction of sp³-hybridized carbons (Fsp3) is 0.214. The molecule has 0 aliphatic rings. The van der Waals surface area contributed by atoms with E-state index >= 15 is 0 Å². The molecule has 1 atom stereocenters. The highest BCUT2D eigenvalue weighted by Crippen LogP contribution is 2.16. The summed E-state index contributed by atoms with van der Waals surface area (Å²) in [5.74, 6) is -0.904. The number of rotatable bonds is 4. The second-order valence-corrected chi connectivity index (χ2v) is 4.25. The molecule has 1 unspecified atom stereocenters. The summed E-state index contributed by atoms with van der Waals surface area (Å²) < 4.78 is 4.54. The number of hydrogen-bond acceptors (Lipinski definition) is 4. The van der Waals surface area contributed by atoms with Crippen LogP contribution in [-0.2, 0) is 9.53 Å². The van der Waals surface area contributed by atoms with Gasteiger partial charge in [0.1, 0.15) is 11.7 Å². The lowest BCUT2D eigenvalue weighted by atomic mass is 10.1. The largest absolute Gasteiger partial charge is 0.467 e. The van der Waals surface area contributed by atoms with Gasteiger partial charge in [0.05, 0.1) is 12.8 Å². The van der Waals surface area contributed by atoms with Crippen LogP contribution < -0.4 is 5.32 Å². The van der Waals surface area contributed by atoms with E-state index < -0.39 is 17.9 Å². The van der Waals surface area contributed by atoms with Gasteiger partial charge in [0.2, 0.25) is 0 Å². The van der Waals surface area contributed by atoms with Crippen LogP contribution >= 0.6 is 0 Å². The lowest BCUT2D eigenvalue weighted by Crippen LogP contribution is -2.39. The third-order valence-corrected chi connectivity index (χ3v) is 2.79. The van der Waals surface area contributed by atoms with E-state index in [1.165, 1.54) is 7.11 Å². The molecule has 1 amide bonds. The van der Waals surface area contributed by atoms with Crippen molar-refractivity contribution in [3.8, 4) is 11.3 Å². The topological polar surface area (TPSA) is 84.1 Å². The quantitative estimate of drug-likeness (QED) is 0.824. The number of H-pyrrole nitrogens is 1. The smallest absolute Gasteiger partial charge is 0.328 e. The second kappa shape index (κ2) is 6.01. The number of hydrogen-bond donors (Lipinski definition) is 2. The molecule has 104 valence electrons. The summed E-state index contributed by atoms with van der Waals surface area (Å²) in [7, 11) is 1.27. The number of nitrogens with zero attached hydrogens (tertiary/aromatic N) is 1. The average Bonchev–Trinajstić information content (AvgIpc) is 2.97. The third kappa shape index (κ3) is 3.03. The average molecular weight is 273 g/mol. The Labute approximate surface area is 116 Å². The number of esters is 1. The fourth-order valence-corrected chi connectivity index (χ4v) is 1.70. The van der Waals surface area contributed by atoms with E-state index in [9.17, 15) is 9.59 Å².